The smallest absolute Gasteiger partial charge is 0.243 e. The van der Waals surface area contributed by atoms with Crippen LogP contribution >= 0.6 is 0 Å². The van der Waals surface area contributed by atoms with Gasteiger partial charge in [0.2, 0.25) is 10.0 Å². The summed E-state index contributed by atoms with van der Waals surface area (Å²) in [5, 5.41) is 0. The number of sulfonamides is 1. The Bertz CT molecular complexity index is 1040. The number of carbonyl (C=O) groups is 1. The highest BCUT2D eigenvalue weighted by Gasteiger charge is 2.49. The maximum atomic E-state index is 13.5. The van der Waals surface area contributed by atoms with Gasteiger partial charge < -0.3 is 0 Å². The Morgan fingerprint density at radius 1 is 1.03 bits per heavy atom. The molecule has 2 aromatic carbocycles. The van der Waals surface area contributed by atoms with Gasteiger partial charge in [0.25, 0.3) is 0 Å². The molecule has 0 radical (unpaired) electrons. The number of ketones is 1. The fourth-order valence-electron chi connectivity index (χ4n) is 5.30. The molecule has 0 amide bonds. The van der Waals surface area contributed by atoms with E-state index in [0.29, 0.717) is 36.6 Å². The highest BCUT2D eigenvalue weighted by atomic mass is 32.2. The van der Waals surface area contributed by atoms with E-state index in [1.54, 1.807) is 16.4 Å². The van der Waals surface area contributed by atoms with E-state index >= 15 is 0 Å². The molecule has 4 rings (SSSR count). The van der Waals surface area contributed by atoms with Crippen molar-refractivity contribution in [2.24, 2.45) is 11.3 Å². The van der Waals surface area contributed by atoms with Crippen molar-refractivity contribution in [3.63, 3.8) is 0 Å². The fourth-order valence-corrected chi connectivity index (χ4v) is 6.86. The first-order chi connectivity index (χ1) is 14.6. The highest BCUT2D eigenvalue weighted by molar-refractivity contribution is 7.89. The van der Waals surface area contributed by atoms with E-state index in [0.717, 1.165) is 24.8 Å². The minimum Gasteiger partial charge on any atom is -0.300 e. The molecule has 1 heterocycles. The number of nitrogens with zero attached hydrogens (tertiary/aromatic N) is 1. The summed E-state index contributed by atoms with van der Waals surface area (Å²) in [6.07, 6.45) is 3.47. The van der Waals surface area contributed by atoms with E-state index in [1.807, 2.05) is 30.3 Å². The molecule has 1 aliphatic heterocycles. The van der Waals surface area contributed by atoms with Gasteiger partial charge >= 0.3 is 0 Å². The van der Waals surface area contributed by atoms with E-state index in [2.05, 4.69) is 32.9 Å². The molecular weight excluding hydrogens is 406 g/mol. The van der Waals surface area contributed by atoms with Crippen LogP contribution in [0.2, 0.25) is 0 Å². The summed E-state index contributed by atoms with van der Waals surface area (Å²) in [5.74, 6) is 0.575. The molecule has 1 saturated carbocycles. The summed E-state index contributed by atoms with van der Waals surface area (Å²) in [5.41, 5.74) is 2.15. The van der Waals surface area contributed by atoms with Crippen LogP contribution < -0.4 is 0 Å². The zero-order valence-corrected chi connectivity index (χ0v) is 19.6. The van der Waals surface area contributed by atoms with Gasteiger partial charge in [0.05, 0.1) is 4.90 Å². The molecule has 0 N–H and O–H groups in total. The van der Waals surface area contributed by atoms with Crippen LogP contribution in [-0.2, 0) is 26.7 Å². The van der Waals surface area contributed by atoms with Gasteiger partial charge in [-0.3, -0.25) is 4.79 Å². The van der Waals surface area contributed by atoms with Crippen molar-refractivity contribution in [2.75, 3.05) is 13.1 Å². The number of hydrogen-bond donors (Lipinski definition) is 0. The third-order valence-corrected chi connectivity index (χ3v) is 9.08. The molecule has 4 nitrogen and oxygen atoms in total. The zero-order valence-electron chi connectivity index (χ0n) is 18.8. The number of hydrogen-bond acceptors (Lipinski definition) is 3. The van der Waals surface area contributed by atoms with Gasteiger partial charge in [0.15, 0.2) is 0 Å². The topological polar surface area (TPSA) is 54.5 Å². The molecule has 2 aliphatic rings. The molecule has 0 bridgehead atoms. The van der Waals surface area contributed by atoms with Crippen molar-refractivity contribution in [1.82, 2.24) is 4.31 Å². The molecule has 0 spiro atoms. The maximum absolute atomic E-state index is 13.5. The van der Waals surface area contributed by atoms with E-state index in [-0.39, 0.29) is 16.7 Å². The molecule has 166 valence electrons. The second-order valence-corrected chi connectivity index (χ2v) is 12.3. The Morgan fingerprint density at radius 2 is 1.71 bits per heavy atom. The first-order valence-corrected chi connectivity index (χ1v) is 12.7. The van der Waals surface area contributed by atoms with Gasteiger partial charge in [-0.05, 0) is 59.3 Å². The normalized spacial score (nSPS) is 25.3. The lowest BCUT2D eigenvalue weighted by Gasteiger charge is -2.50. The summed E-state index contributed by atoms with van der Waals surface area (Å²) in [4.78, 5) is 12.6. The van der Waals surface area contributed by atoms with Gasteiger partial charge in [-0.25, -0.2) is 8.42 Å². The summed E-state index contributed by atoms with van der Waals surface area (Å²) < 4.78 is 28.8. The van der Waals surface area contributed by atoms with Crippen LogP contribution in [-0.4, -0.2) is 31.6 Å². The lowest BCUT2D eigenvalue weighted by atomic mass is 9.60. The van der Waals surface area contributed by atoms with Crippen molar-refractivity contribution in [3.8, 4) is 0 Å². The standard InChI is InChI=1S/C26H33NO3S/c1-25(2,3)21-9-11-24(12-10-21)31(29,30)27-16-14-22-17-23(28)13-15-26(22,19-27)18-20-7-5-4-6-8-20/h4-12,22H,13-19H2,1-3H3/t22?,26-/m0/s1. The Kier molecular flexibility index (Phi) is 5.86. The van der Waals surface area contributed by atoms with Crippen LogP contribution in [0.25, 0.3) is 0 Å². The van der Waals surface area contributed by atoms with E-state index in [9.17, 15) is 13.2 Å². The van der Waals surface area contributed by atoms with Crippen molar-refractivity contribution < 1.29 is 13.2 Å². The van der Waals surface area contributed by atoms with Crippen LogP contribution in [0.3, 0.4) is 0 Å². The SMILES string of the molecule is CC(C)(C)c1ccc(S(=O)(=O)N2CCC3CC(=O)CC[C@]3(Cc3ccccc3)C2)cc1. The molecular formula is C26H33NO3S. The number of rotatable bonds is 4. The minimum absolute atomic E-state index is 0.0188. The quantitative estimate of drug-likeness (QED) is 0.675. The molecule has 2 fully saturated rings. The van der Waals surface area contributed by atoms with Crippen LogP contribution in [0.15, 0.2) is 59.5 Å². The minimum atomic E-state index is -3.57. The molecule has 0 aromatic heterocycles. The Hall–Kier alpha value is -1.98. The zero-order chi connectivity index (χ0) is 22.3. The van der Waals surface area contributed by atoms with Crippen LogP contribution in [0.1, 0.15) is 57.6 Å². The number of piperidine rings is 1. The predicted molar refractivity (Wildman–Crippen MR) is 123 cm³/mol. The Labute approximate surface area is 186 Å². The first-order valence-electron chi connectivity index (χ1n) is 11.3. The van der Waals surface area contributed by atoms with Crippen LogP contribution in [0.5, 0.6) is 0 Å². The van der Waals surface area contributed by atoms with Crippen molar-refractivity contribution in [2.45, 2.75) is 63.2 Å². The van der Waals surface area contributed by atoms with E-state index in [4.69, 9.17) is 0 Å². The number of benzene rings is 2. The lowest BCUT2D eigenvalue weighted by Crippen LogP contribution is -2.54. The number of carbonyl (C=O) groups excluding carboxylic acids is 1. The van der Waals surface area contributed by atoms with Gasteiger partial charge in [-0.15, -0.1) is 0 Å². The largest absolute Gasteiger partial charge is 0.300 e. The second-order valence-electron chi connectivity index (χ2n) is 10.4. The summed E-state index contributed by atoms with van der Waals surface area (Å²) in [6, 6.07) is 17.6. The summed E-state index contributed by atoms with van der Waals surface area (Å²) in [6.45, 7) is 7.35. The van der Waals surface area contributed by atoms with Gasteiger partial charge in [-0.2, -0.15) is 4.31 Å². The third kappa shape index (κ3) is 4.49. The second kappa shape index (κ2) is 8.18. The van der Waals surface area contributed by atoms with Crippen molar-refractivity contribution >= 4 is 15.8 Å². The van der Waals surface area contributed by atoms with Crippen LogP contribution in [0, 0.1) is 11.3 Å². The Morgan fingerprint density at radius 3 is 2.35 bits per heavy atom. The number of Topliss-reactive ketones (excluding diaryl/α,β-unsaturated/α-hetero) is 1. The van der Waals surface area contributed by atoms with E-state index < -0.39 is 10.0 Å². The number of fused-ring (bicyclic) bond motifs is 1. The van der Waals surface area contributed by atoms with Crippen molar-refractivity contribution in [3.05, 3.63) is 65.7 Å². The van der Waals surface area contributed by atoms with Gasteiger partial charge in [-0.1, -0.05) is 63.2 Å². The fraction of sp³-hybridized carbons (Fsp3) is 0.500. The summed E-state index contributed by atoms with van der Waals surface area (Å²) in [7, 11) is -3.57. The summed E-state index contributed by atoms with van der Waals surface area (Å²) >= 11 is 0. The highest BCUT2D eigenvalue weighted by Crippen LogP contribution is 2.48. The molecule has 5 heteroatoms. The monoisotopic (exact) mass is 439 g/mol. The lowest BCUT2D eigenvalue weighted by molar-refractivity contribution is -0.126. The average molecular weight is 440 g/mol. The van der Waals surface area contributed by atoms with Gasteiger partial charge in [0.1, 0.15) is 5.78 Å². The van der Waals surface area contributed by atoms with Crippen LogP contribution in [0.4, 0.5) is 0 Å². The third-order valence-electron chi connectivity index (χ3n) is 7.22. The molecule has 2 aromatic rings. The van der Waals surface area contributed by atoms with E-state index in [1.165, 1.54) is 5.56 Å². The first kappa shape index (κ1) is 22.2. The Balaban J connectivity index is 1.63. The van der Waals surface area contributed by atoms with Gasteiger partial charge in [0, 0.05) is 25.9 Å². The molecule has 1 aliphatic carbocycles. The maximum Gasteiger partial charge on any atom is 0.243 e. The molecule has 1 unspecified atom stereocenters. The molecule has 1 saturated heterocycles. The molecule has 2 atom stereocenters. The predicted octanol–water partition coefficient (Wildman–Crippen LogP) is 4.98. The molecule has 31 heavy (non-hydrogen) atoms. The van der Waals surface area contributed by atoms with Crippen molar-refractivity contribution in [1.29, 1.82) is 0 Å². The average Bonchev–Trinajstić information content (AvgIpc) is 2.74.